The molecule has 0 N–H and O–H groups in total. The maximum atomic E-state index is 12.9. The Balaban J connectivity index is 1.24. The zero-order valence-corrected chi connectivity index (χ0v) is 20.4. The van der Waals surface area contributed by atoms with Gasteiger partial charge in [0.15, 0.2) is 0 Å². The summed E-state index contributed by atoms with van der Waals surface area (Å²) in [5.41, 5.74) is 3.95. The minimum atomic E-state index is -4.39. The predicted molar refractivity (Wildman–Crippen MR) is 131 cm³/mol. The van der Waals surface area contributed by atoms with Crippen LogP contribution in [0.4, 0.5) is 13.2 Å². The molecule has 1 aliphatic carbocycles. The first kappa shape index (κ1) is 24.3. The summed E-state index contributed by atoms with van der Waals surface area (Å²) in [5.74, 6) is 0.227. The van der Waals surface area contributed by atoms with Gasteiger partial charge < -0.3 is 9.80 Å². The molecule has 0 spiro atoms. The molecule has 3 aliphatic rings. The van der Waals surface area contributed by atoms with Crippen molar-refractivity contribution in [1.29, 1.82) is 0 Å². The Labute approximate surface area is 205 Å². The Morgan fingerprint density at radius 1 is 0.886 bits per heavy atom. The summed E-state index contributed by atoms with van der Waals surface area (Å²) in [5, 5.41) is 0. The van der Waals surface area contributed by atoms with Gasteiger partial charge in [0.2, 0.25) is 0 Å². The second-order valence-electron chi connectivity index (χ2n) is 10.3. The maximum absolute atomic E-state index is 12.9. The molecule has 0 bridgehead atoms. The van der Waals surface area contributed by atoms with Crippen LogP contribution in [0.15, 0.2) is 42.5 Å². The van der Waals surface area contributed by atoms with Crippen molar-refractivity contribution >= 4 is 5.91 Å². The van der Waals surface area contributed by atoms with Gasteiger partial charge in [0.05, 0.1) is 5.56 Å². The number of rotatable bonds is 3. The van der Waals surface area contributed by atoms with Gasteiger partial charge in [-0.2, -0.15) is 13.2 Å². The first-order valence-electron chi connectivity index (χ1n) is 12.8. The van der Waals surface area contributed by atoms with Crippen LogP contribution in [0.25, 0.3) is 0 Å². The molecule has 7 heteroatoms. The highest BCUT2D eigenvalue weighted by Crippen LogP contribution is 2.38. The highest BCUT2D eigenvalue weighted by molar-refractivity contribution is 5.94. The minimum Gasteiger partial charge on any atom is -0.339 e. The number of hydrogen-bond donors (Lipinski definition) is 0. The zero-order chi connectivity index (χ0) is 24.6. The van der Waals surface area contributed by atoms with E-state index in [1.165, 1.54) is 41.7 Å². The molecule has 188 valence electrons. The van der Waals surface area contributed by atoms with Gasteiger partial charge in [-0.15, -0.1) is 0 Å². The van der Waals surface area contributed by atoms with Gasteiger partial charge >= 0.3 is 6.18 Å². The van der Waals surface area contributed by atoms with E-state index in [0.29, 0.717) is 30.6 Å². The second-order valence-corrected chi connectivity index (χ2v) is 10.3. The van der Waals surface area contributed by atoms with Gasteiger partial charge in [0.1, 0.15) is 0 Å². The molecular weight excluding hydrogens is 451 g/mol. The van der Waals surface area contributed by atoms with Crippen LogP contribution >= 0.6 is 0 Å². The van der Waals surface area contributed by atoms with Gasteiger partial charge in [0.25, 0.3) is 5.91 Å². The van der Waals surface area contributed by atoms with Gasteiger partial charge in [-0.25, -0.2) is 0 Å². The lowest BCUT2D eigenvalue weighted by Gasteiger charge is -2.41. The molecule has 0 radical (unpaired) electrons. The van der Waals surface area contributed by atoms with E-state index in [2.05, 4.69) is 35.0 Å². The average molecular weight is 486 g/mol. The zero-order valence-electron chi connectivity index (χ0n) is 20.4. The number of piperazine rings is 1. The maximum Gasteiger partial charge on any atom is 0.416 e. The van der Waals surface area contributed by atoms with Crippen molar-refractivity contribution in [1.82, 2.24) is 14.7 Å². The number of fused-ring (bicyclic) bond motifs is 1. The molecule has 2 aromatic rings. The molecule has 1 amide bonds. The van der Waals surface area contributed by atoms with Gasteiger partial charge in [-0.05, 0) is 86.0 Å². The predicted octanol–water partition coefficient (Wildman–Crippen LogP) is 5.35. The molecule has 2 heterocycles. The third-order valence-electron chi connectivity index (χ3n) is 8.14. The van der Waals surface area contributed by atoms with Gasteiger partial charge in [-0.1, -0.05) is 18.2 Å². The molecule has 2 aromatic carbocycles. The van der Waals surface area contributed by atoms with Crippen molar-refractivity contribution in [2.24, 2.45) is 0 Å². The summed E-state index contributed by atoms with van der Waals surface area (Å²) in [7, 11) is 2.19. The van der Waals surface area contributed by atoms with Crippen molar-refractivity contribution in [3.63, 3.8) is 0 Å². The number of aryl methyl sites for hydroxylation is 1. The summed E-state index contributed by atoms with van der Waals surface area (Å²) in [6, 6.07) is 12.1. The normalized spacial score (nSPS) is 22.7. The molecule has 0 unspecified atom stereocenters. The van der Waals surface area contributed by atoms with Gasteiger partial charge in [0, 0.05) is 50.9 Å². The van der Waals surface area contributed by atoms with Crippen molar-refractivity contribution in [3.05, 3.63) is 70.3 Å². The smallest absolute Gasteiger partial charge is 0.339 e. The number of hydrogen-bond acceptors (Lipinski definition) is 3. The SMILES string of the molecule is CN1CCN([C@H]2CCCc3ccc(C4CCN(C(=O)c5ccc(C(F)(F)F)cc5)CC4)cc32)CC1. The number of nitrogens with zero attached hydrogens (tertiary/aromatic N) is 3. The number of alkyl halides is 3. The number of halogens is 3. The number of carbonyl (C=O) groups is 1. The quantitative estimate of drug-likeness (QED) is 0.587. The molecule has 0 saturated carbocycles. The lowest BCUT2D eigenvalue weighted by atomic mass is 9.81. The lowest BCUT2D eigenvalue weighted by Crippen LogP contribution is -2.46. The number of likely N-dealkylation sites (tertiary alicyclic amines) is 1. The Kier molecular flexibility index (Phi) is 6.91. The topological polar surface area (TPSA) is 26.8 Å². The molecule has 5 rings (SSSR count). The number of amides is 1. The minimum absolute atomic E-state index is 0.183. The molecule has 2 fully saturated rings. The van der Waals surface area contributed by atoms with Crippen molar-refractivity contribution in [2.45, 2.75) is 50.2 Å². The molecule has 2 saturated heterocycles. The molecule has 2 aliphatic heterocycles. The Hall–Kier alpha value is -2.38. The fourth-order valence-corrected chi connectivity index (χ4v) is 5.96. The summed E-state index contributed by atoms with van der Waals surface area (Å²) in [4.78, 5) is 19.7. The van der Waals surface area contributed by atoms with E-state index >= 15 is 0 Å². The van der Waals surface area contributed by atoms with Crippen LogP contribution in [0.3, 0.4) is 0 Å². The molecule has 0 aromatic heterocycles. The van der Waals surface area contributed by atoms with E-state index in [1.807, 2.05) is 0 Å². The van der Waals surface area contributed by atoms with Crippen molar-refractivity contribution in [2.75, 3.05) is 46.3 Å². The van der Waals surface area contributed by atoms with Crippen LogP contribution in [0.5, 0.6) is 0 Å². The largest absolute Gasteiger partial charge is 0.416 e. The van der Waals surface area contributed by atoms with Crippen LogP contribution in [-0.2, 0) is 12.6 Å². The van der Waals surface area contributed by atoms with Crippen molar-refractivity contribution in [3.8, 4) is 0 Å². The van der Waals surface area contributed by atoms with Crippen LogP contribution < -0.4 is 0 Å². The highest BCUT2D eigenvalue weighted by atomic mass is 19.4. The fourth-order valence-electron chi connectivity index (χ4n) is 5.96. The summed E-state index contributed by atoms with van der Waals surface area (Å²) in [6.45, 7) is 5.74. The Bertz CT molecular complexity index is 1040. The standard InChI is InChI=1S/C28H34F3N3O/c1-32-15-17-33(18-16-32)26-4-2-3-21-5-6-23(19-25(21)26)20-11-13-34(14-12-20)27(35)22-7-9-24(10-8-22)28(29,30)31/h5-10,19-20,26H,2-4,11-18H2,1H3/t26-/m0/s1. The van der Waals surface area contributed by atoms with Crippen LogP contribution in [-0.4, -0.2) is 66.9 Å². The number of carbonyl (C=O) groups excluding carboxylic acids is 1. The summed E-state index contributed by atoms with van der Waals surface area (Å²) < 4.78 is 38.5. The first-order valence-corrected chi connectivity index (χ1v) is 12.8. The number of likely N-dealkylation sites (N-methyl/N-ethyl adjacent to an activating group) is 1. The summed E-state index contributed by atoms with van der Waals surface area (Å²) in [6.07, 6.45) is 0.987. The van der Waals surface area contributed by atoms with E-state index in [-0.39, 0.29) is 5.91 Å². The third kappa shape index (κ3) is 5.26. The Morgan fingerprint density at radius 2 is 1.57 bits per heavy atom. The molecule has 1 atom stereocenters. The molecular formula is C28H34F3N3O. The van der Waals surface area contributed by atoms with Crippen LogP contribution in [0, 0.1) is 0 Å². The first-order chi connectivity index (χ1) is 16.8. The fraction of sp³-hybridized carbons (Fsp3) is 0.536. The van der Waals surface area contributed by atoms with E-state index in [9.17, 15) is 18.0 Å². The van der Waals surface area contributed by atoms with Crippen LogP contribution in [0.1, 0.15) is 70.3 Å². The monoisotopic (exact) mass is 485 g/mol. The average Bonchev–Trinajstić information content (AvgIpc) is 2.88. The molecule has 4 nitrogen and oxygen atoms in total. The van der Waals surface area contributed by atoms with Gasteiger partial charge in [-0.3, -0.25) is 9.69 Å². The lowest BCUT2D eigenvalue weighted by molar-refractivity contribution is -0.137. The van der Waals surface area contributed by atoms with E-state index in [0.717, 1.165) is 57.6 Å². The number of benzene rings is 2. The summed E-state index contributed by atoms with van der Waals surface area (Å²) >= 11 is 0. The van der Waals surface area contributed by atoms with E-state index in [1.54, 1.807) is 4.90 Å². The highest BCUT2D eigenvalue weighted by Gasteiger charge is 2.32. The van der Waals surface area contributed by atoms with E-state index in [4.69, 9.17) is 0 Å². The second kappa shape index (κ2) is 9.94. The number of piperidine rings is 1. The van der Waals surface area contributed by atoms with E-state index < -0.39 is 11.7 Å². The Morgan fingerprint density at radius 3 is 2.23 bits per heavy atom. The third-order valence-corrected chi connectivity index (χ3v) is 8.14. The van der Waals surface area contributed by atoms with Crippen molar-refractivity contribution < 1.29 is 18.0 Å². The van der Waals surface area contributed by atoms with Crippen LogP contribution in [0.2, 0.25) is 0 Å². The molecule has 35 heavy (non-hydrogen) atoms.